The van der Waals surface area contributed by atoms with Crippen molar-refractivity contribution in [3.63, 3.8) is 0 Å². The van der Waals surface area contributed by atoms with Crippen molar-refractivity contribution in [3.8, 4) is 0 Å². The third-order valence-corrected chi connectivity index (χ3v) is 1.28. The summed E-state index contributed by atoms with van der Waals surface area (Å²) in [6.45, 7) is 5.73. The van der Waals surface area contributed by atoms with Crippen LogP contribution >= 0.6 is 0 Å². The van der Waals surface area contributed by atoms with E-state index < -0.39 is 5.97 Å². The Kier molecular flexibility index (Phi) is 2.69. The summed E-state index contributed by atoms with van der Waals surface area (Å²) in [6, 6.07) is 0. The van der Waals surface area contributed by atoms with Crippen molar-refractivity contribution >= 4 is 11.7 Å². The highest BCUT2D eigenvalue weighted by atomic mass is 16.5. The number of rotatable bonds is 4. The van der Waals surface area contributed by atoms with Crippen LogP contribution in [0.1, 0.15) is 23.3 Å². The summed E-state index contributed by atoms with van der Waals surface area (Å²) in [5.74, 6) is -0.812. The van der Waals surface area contributed by atoms with E-state index >= 15 is 0 Å². The molecule has 5 nitrogen and oxygen atoms in total. The Balaban J connectivity index is 2.79. The van der Waals surface area contributed by atoms with Gasteiger partial charge in [-0.25, -0.2) is 4.79 Å². The second-order valence-corrected chi connectivity index (χ2v) is 2.20. The van der Waals surface area contributed by atoms with Gasteiger partial charge in [0.2, 0.25) is 0 Å². The monoisotopic (exact) mass is 183 g/mol. The number of oxazole rings is 1. The molecule has 0 amide bonds. The second-order valence-electron chi connectivity index (χ2n) is 2.20. The number of nitrogens with zero attached hydrogens (tertiary/aromatic N) is 1. The van der Waals surface area contributed by atoms with E-state index in [1.165, 1.54) is 0 Å². The fourth-order valence-electron chi connectivity index (χ4n) is 0.736. The molecule has 5 heteroatoms. The molecule has 70 valence electrons. The highest BCUT2D eigenvalue weighted by Gasteiger charge is 2.12. The van der Waals surface area contributed by atoms with Gasteiger partial charge in [-0.15, -0.1) is 0 Å². The zero-order chi connectivity index (χ0) is 9.84. The number of hydrogen-bond donors (Lipinski definition) is 1. The van der Waals surface area contributed by atoms with Gasteiger partial charge in [0.15, 0.2) is 11.5 Å². The number of aromatic carboxylic acids is 1. The number of carbonyl (C=O) groups is 1. The predicted molar refractivity (Wildman–Crippen MR) is 44.1 cm³/mol. The molecule has 0 fully saturated rings. The Labute approximate surface area is 74.6 Å². The van der Waals surface area contributed by atoms with Crippen LogP contribution in [-0.4, -0.2) is 22.7 Å². The van der Waals surface area contributed by atoms with Gasteiger partial charge < -0.3 is 14.3 Å². The Bertz CT molecular complexity index is 329. The van der Waals surface area contributed by atoms with Crippen LogP contribution < -0.4 is 0 Å². The summed E-state index contributed by atoms with van der Waals surface area (Å²) in [5, 5.41) is 8.52. The van der Waals surface area contributed by atoms with E-state index in [1.54, 1.807) is 6.92 Å². The van der Waals surface area contributed by atoms with Crippen molar-refractivity contribution < 1.29 is 19.1 Å². The van der Waals surface area contributed by atoms with Gasteiger partial charge in [0.1, 0.15) is 6.26 Å². The van der Waals surface area contributed by atoms with E-state index in [2.05, 4.69) is 11.6 Å². The van der Waals surface area contributed by atoms with Crippen molar-refractivity contribution in [2.24, 2.45) is 0 Å². The summed E-state index contributed by atoms with van der Waals surface area (Å²) < 4.78 is 9.80. The maximum absolute atomic E-state index is 10.4. The van der Waals surface area contributed by atoms with Crippen molar-refractivity contribution in [2.75, 3.05) is 6.61 Å². The van der Waals surface area contributed by atoms with E-state index in [-0.39, 0.29) is 17.3 Å². The van der Waals surface area contributed by atoms with Crippen LogP contribution in [-0.2, 0) is 4.74 Å². The SMILES string of the molecule is C=C(OCC)c1nc(C(=O)O)co1. The summed E-state index contributed by atoms with van der Waals surface area (Å²) >= 11 is 0. The Morgan fingerprint density at radius 3 is 3.00 bits per heavy atom. The average Bonchev–Trinajstić information content (AvgIpc) is 2.52. The normalized spacial score (nSPS) is 9.62. The molecular weight excluding hydrogens is 174 g/mol. The maximum atomic E-state index is 10.4. The molecule has 0 spiro atoms. The van der Waals surface area contributed by atoms with Crippen molar-refractivity contribution in [1.82, 2.24) is 4.98 Å². The molecule has 1 rings (SSSR count). The average molecular weight is 183 g/mol. The highest BCUT2D eigenvalue weighted by molar-refractivity contribution is 5.85. The van der Waals surface area contributed by atoms with Crippen LogP contribution in [0.5, 0.6) is 0 Å². The molecular formula is C8H9NO4. The van der Waals surface area contributed by atoms with Gasteiger partial charge in [0.25, 0.3) is 5.89 Å². The van der Waals surface area contributed by atoms with Crippen molar-refractivity contribution in [1.29, 1.82) is 0 Å². The van der Waals surface area contributed by atoms with E-state index in [1.807, 2.05) is 0 Å². The van der Waals surface area contributed by atoms with Crippen LogP contribution in [0.4, 0.5) is 0 Å². The summed E-state index contributed by atoms with van der Waals surface area (Å²) in [7, 11) is 0. The van der Waals surface area contributed by atoms with E-state index in [4.69, 9.17) is 14.3 Å². The van der Waals surface area contributed by atoms with Crippen LogP contribution in [0.2, 0.25) is 0 Å². The number of ether oxygens (including phenoxy) is 1. The maximum Gasteiger partial charge on any atom is 0.357 e. The van der Waals surface area contributed by atoms with Gasteiger partial charge in [0, 0.05) is 0 Å². The lowest BCUT2D eigenvalue weighted by Gasteiger charge is -1.99. The second kappa shape index (κ2) is 3.75. The Morgan fingerprint density at radius 1 is 1.85 bits per heavy atom. The van der Waals surface area contributed by atoms with Gasteiger partial charge in [-0.1, -0.05) is 6.58 Å². The molecule has 0 saturated carbocycles. The topological polar surface area (TPSA) is 72.6 Å². The molecule has 0 radical (unpaired) electrons. The third kappa shape index (κ3) is 2.08. The van der Waals surface area contributed by atoms with Crippen molar-refractivity contribution in [2.45, 2.75) is 6.92 Å². The number of carboxylic acid groups (broad SMARTS) is 1. The first-order valence-corrected chi connectivity index (χ1v) is 3.66. The molecule has 0 saturated heterocycles. The van der Waals surface area contributed by atoms with Gasteiger partial charge in [-0.05, 0) is 6.92 Å². The number of carboxylic acids is 1. The minimum atomic E-state index is -1.14. The van der Waals surface area contributed by atoms with Gasteiger partial charge in [0.05, 0.1) is 6.61 Å². The Hall–Kier alpha value is -1.78. The molecule has 1 N–H and O–H groups in total. The van der Waals surface area contributed by atoms with Gasteiger partial charge in [-0.3, -0.25) is 0 Å². The summed E-state index contributed by atoms with van der Waals surface area (Å²) in [4.78, 5) is 14.0. The quantitative estimate of drug-likeness (QED) is 0.714. The lowest BCUT2D eigenvalue weighted by molar-refractivity contribution is 0.0690. The minimum absolute atomic E-state index is 0.0965. The highest BCUT2D eigenvalue weighted by Crippen LogP contribution is 2.12. The van der Waals surface area contributed by atoms with Crippen LogP contribution in [0.25, 0.3) is 5.76 Å². The van der Waals surface area contributed by atoms with Gasteiger partial charge >= 0.3 is 5.97 Å². The zero-order valence-electron chi connectivity index (χ0n) is 7.11. The van der Waals surface area contributed by atoms with Crippen molar-refractivity contribution in [3.05, 3.63) is 24.4 Å². The molecule has 13 heavy (non-hydrogen) atoms. The van der Waals surface area contributed by atoms with Crippen LogP contribution in [0.3, 0.4) is 0 Å². The molecule has 1 heterocycles. The first-order chi connectivity index (χ1) is 6.15. The fraction of sp³-hybridized carbons (Fsp3) is 0.250. The zero-order valence-corrected chi connectivity index (χ0v) is 7.11. The molecule has 0 atom stereocenters. The molecule has 0 aliphatic heterocycles. The molecule has 0 unspecified atom stereocenters. The minimum Gasteiger partial charge on any atom is -0.489 e. The number of hydrogen-bond acceptors (Lipinski definition) is 4. The lowest BCUT2D eigenvalue weighted by atomic mass is 10.5. The first-order valence-electron chi connectivity index (χ1n) is 3.66. The molecule has 0 aliphatic rings. The fourth-order valence-corrected chi connectivity index (χ4v) is 0.736. The first kappa shape index (κ1) is 9.31. The molecule has 1 aromatic rings. The molecule has 1 aromatic heterocycles. The summed E-state index contributed by atoms with van der Waals surface area (Å²) in [6.07, 6.45) is 1.04. The van der Waals surface area contributed by atoms with E-state index in [0.29, 0.717) is 6.61 Å². The largest absolute Gasteiger partial charge is 0.489 e. The number of aromatic nitrogens is 1. The smallest absolute Gasteiger partial charge is 0.357 e. The predicted octanol–water partition coefficient (Wildman–Crippen LogP) is 1.38. The van der Waals surface area contributed by atoms with E-state index in [0.717, 1.165) is 6.26 Å². The molecule has 0 aliphatic carbocycles. The van der Waals surface area contributed by atoms with E-state index in [9.17, 15) is 4.79 Å². The third-order valence-electron chi connectivity index (χ3n) is 1.28. The molecule has 0 aromatic carbocycles. The lowest BCUT2D eigenvalue weighted by Crippen LogP contribution is -1.97. The Morgan fingerprint density at radius 2 is 2.54 bits per heavy atom. The van der Waals surface area contributed by atoms with Crippen LogP contribution in [0, 0.1) is 0 Å². The molecule has 0 bridgehead atoms. The summed E-state index contributed by atoms with van der Waals surface area (Å²) in [5.41, 5.74) is -0.157. The standard InChI is InChI=1S/C8H9NO4/c1-3-12-5(2)7-9-6(4-13-7)8(10)11/h4H,2-3H2,1H3,(H,10,11). The van der Waals surface area contributed by atoms with Gasteiger partial charge in [-0.2, -0.15) is 4.98 Å². The van der Waals surface area contributed by atoms with Crippen LogP contribution in [0.15, 0.2) is 17.3 Å².